The van der Waals surface area contributed by atoms with Crippen molar-refractivity contribution in [3.05, 3.63) is 65.5 Å². The Labute approximate surface area is 139 Å². The average molecular weight is 372 g/mol. The first kappa shape index (κ1) is 18.2. The Balaban J connectivity index is 2.70. The lowest BCUT2D eigenvalue weighted by Crippen LogP contribution is -2.56. The summed E-state index contributed by atoms with van der Waals surface area (Å²) in [5.41, 5.74) is 10.5. The van der Waals surface area contributed by atoms with Crippen LogP contribution in [0.3, 0.4) is 0 Å². The van der Waals surface area contributed by atoms with Gasteiger partial charge in [-0.25, -0.2) is 0 Å². The fourth-order valence-corrected chi connectivity index (χ4v) is 5.39. The molecule has 0 fully saturated rings. The van der Waals surface area contributed by atoms with Gasteiger partial charge in [0, 0.05) is 5.92 Å². The minimum Gasteiger partial charge on any atom is -0.398 e. The molecule has 1 unspecified atom stereocenters. The molecular weight excluding hydrogens is 356 g/mol. The highest BCUT2D eigenvalue weighted by Crippen LogP contribution is 2.42. The molecule has 8 nitrogen and oxygen atoms in total. The van der Waals surface area contributed by atoms with Crippen LogP contribution in [0.25, 0.3) is 6.08 Å². The van der Waals surface area contributed by atoms with E-state index in [-0.39, 0.29) is 5.70 Å². The number of rotatable bonds is 4. The number of nitrogens with two attached hydrogens (primary N) is 2. The van der Waals surface area contributed by atoms with E-state index < -0.39 is 35.9 Å². The van der Waals surface area contributed by atoms with E-state index in [0.29, 0.717) is 5.56 Å². The Morgan fingerprint density at radius 2 is 1.54 bits per heavy atom. The fourth-order valence-electron chi connectivity index (χ4n) is 2.53. The first-order valence-corrected chi connectivity index (χ1v) is 9.51. The van der Waals surface area contributed by atoms with Gasteiger partial charge in [-0.2, -0.15) is 16.8 Å². The Morgan fingerprint density at radius 1 is 1.00 bits per heavy atom. The van der Waals surface area contributed by atoms with Crippen LogP contribution in [0, 0.1) is 5.92 Å². The van der Waals surface area contributed by atoms with E-state index >= 15 is 0 Å². The maximum atomic E-state index is 11.9. The van der Waals surface area contributed by atoms with Gasteiger partial charge < -0.3 is 11.5 Å². The molecule has 2 rings (SSSR count). The molecule has 0 saturated heterocycles. The van der Waals surface area contributed by atoms with Crippen LogP contribution in [-0.4, -0.2) is 30.0 Å². The van der Waals surface area contributed by atoms with E-state index in [4.69, 9.17) is 11.5 Å². The second-order valence-corrected chi connectivity index (χ2v) is 8.59. The number of hydrogen-bond acceptors (Lipinski definition) is 6. The van der Waals surface area contributed by atoms with Gasteiger partial charge in [0.05, 0.1) is 11.4 Å². The van der Waals surface area contributed by atoms with Crippen molar-refractivity contribution < 1.29 is 25.9 Å². The zero-order valence-electron chi connectivity index (χ0n) is 12.3. The summed E-state index contributed by atoms with van der Waals surface area (Å²) < 4.78 is 63.6. The molecule has 0 radical (unpaired) electrons. The molecule has 0 aromatic heterocycles. The van der Waals surface area contributed by atoms with Gasteiger partial charge in [-0.05, 0) is 11.6 Å². The monoisotopic (exact) mass is 372 g/mol. The maximum Gasteiger partial charge on any atom is 0.294 e. The minimum atomic E-state index is -5.38. The molecule has 1 aliphatic rings. The van der Waals surface area contributed by atoms with Crippen molar-refractivity contribution in [3.63, 3.8) is 0 Å². The van der Waals surface area contributed by atoms with Crippen molar-refractivity contribution in [1.82, 2.24) is 0 Å². The van der Waals surface area contributed by atoms with Crippen LogP contribution in [0.1, 0.15) is 5.56 Å². The largest absolute Gasteiger partial charge is 0.398 e. The number of benzene rings is 1. The van der Waals surface area contributed by atoms with Crippen LogP contribution in [0.5, 0.6) is 0 Å². The predicted molar refractivity (Wildman–Crippen MR) is 89.3 cm³/mol. The van der Waals surface area contributed by atoms with E-state index in [1.807, 2.05) is 0 Å². The van der Waals surface area contributed by atoms with Gasteiger partial charge in [-0.3, -0.25) is 9.11 Å². The van der Waals surface area contributed by atoms with Crippen LogP contribution >= 0.6 is 0 Å². The zero-order valence-corrected chi connectivity index (χ0v) is 13.9. The number of allylic oxidation sites excluding steroid dienone is 3. The molecule has 1 aromatic rings. The van der Waals surface area contributed by atoms with Crippen molar-refractivity contribution >= 4 is 26.3 Å². The SMILES string of the molecule is NC1=C(N)C(S(=O)(=O)O)(S(=O)(=O)O)C(C=Cc2ccccc2)C=C1. The lowest BCUT2D eigenvalue weighted by atomic mass is 9.94. The normalized spacial score (nSPS) is 21.3. The van der Waals surface area contributed by atoms with E-state index in [1.165, 1.54) is 18.2 Å². The molecule has 1 aromatic carbocycles. The van der Waals surface area contributed by atoms with E-state index in [0.717, 1.165) is 6.08 Å². The minimum absolute atomic E-state index is 0.380. The summed E-state index contributed by atoms with van der Waals surface area (Å²) in [5.74, 6) is -1.49. The molecule has 0 amide bonds. The summed E-state index contributed by atoms with van der Waals surface area (Å²) in [6, 6.07) is 8.60. The fraction of sp³-hybridized carbons (Fsp3) is 0.143. The lowest BCUT2D eigenvalue weighted by molar-refractivity contribution is 0.417. The molecule has 0 saturated carbocycles. The van der Waals surface area contributed by atoms with Crippen molar-refractivity contribution in [2.75, 3.05) is 0 Å². The van der Waals surface area contributed by atoms with Crippen molar-refractivity contribution in [2.45, 2.75) is 4.08 Å². The third-order valence-electron chi connectivity index (χ3n) is 3.67. The zero-order chi connectivity index (χ0) is 18.2. The van der Waals surface area contributed by atoms with Crippen molar-refractivity contribution in [2.24, 2.45) is 17.4 Å². The quantitative estimate of drug-likeness (QED) is 0.555. The highest BCUT2D eigenvalue weighted by atomic mass is 32.3. The third kappa shape index (κ3) is 2.84. The number of hydrogen-bond donors (Lipinski definition) is 4. The van der Waals surface area contributed by atoms with Gasteiger partial charge in [0.2, 0.25) is 0 Å². The molecule has 6 N–H and O–H groups in total. The van der Waals surface area contributed by atoms with E-state index in [9.17, 15) is 25.9 Å². The first-order valence-electron chi connectivity index (χ1n) is 6.63. The Morgan fingerprint density at radius 3 is 2.04 bits per heavy atom. The predicted octanol–water partition coefficient (Wildman–Crippen LogP) is 0.487. The Kier molecular flexibility index (Phi) is 4.59. The van der Waals surface area contributed by atoms with Crippen LogP contribution in [0.15, 0.2) is 60.0 Å². The second kappa shape index (κ2) is 6.06. The molecular formula is C14H16N2O6S2. The first-order chi connectivity index (χ1) is 11.0. The van der Waals surface area contributed by atoms with Gasteiger partial charge in [0.15, 0.2) is 0 Å². The van der Waals surface area contributed by atoms with Crippen molar-refractivity contribution in [1.29, 1.82) is 0 Å². The van der Waals surface area contributed by atoms with Crippen LogP contribution < -0.4 is 11.5 Å². The van der Waals surface area contributed by atoms with Crippen molar-refractivity contribution in [3.8, 4) is 0 Å². The van der Waals surface area contributed by atoms with Gasteiger partial charge >= 0.3 is 0 Å². The van der Waals surface area contributed by atoms with E-state index in [1.54, 1.807) is 30.3 Å². The summed E-state index contributed by atoms with van der Waals surface area (Å²) >= 11 is 0. The molecule has 130 valence electrons. The molecule has 0 heterocycles. The molecule has 1 atom stereocenters. The molecule has 0 aliphatic heterocycles. The molecule has 10 heteroatoms. The second-order valence-electron chi connectivity index (χ2n) is 5.14. The highest BCUT2D eigenvalue weighted by molar-refractivity contribution is 8.05. The molecule has 0 spiro atoms. The van der Waals surface area contributed by atoms with Crippen LogP contribution in [0.2, 0.25) is 0 Å². The van der Waals surface area contributed by atoms with Gasteiger partial charge in [-0.15, -0.1) is 0 Å². The van der Waals surface area contributed by atoms with Crippen LogP contribution in [-0.2, 0) is 20.2 Å². The average Bonchev–Trinajstić information content (AvgIpc) is 2.46. The van der Waals surface area contributed by atoms with Gasteiger partial charge in [-0.1, -0.05) is 48.6 Å². The summed E-state index contributed by atoms with van der Waals surface area (Å²) in [7, 11) is -10.8. The lowest BCUT2D eigenvalue weighted by Gasteiger charge is -2.35. The molecule has 24 heavy (non-hydrogen) atoms. The van der Waals surface area contributed by atoms with E-state index in [2.05, 4.69) is 0 Å². The maximum absolute atomic E-state index is 11.9. The summed E-state index contributed by atoms with van der Waals surface area (Å²) in [5, 5.41) is 0. The highest BCUT2D eigenvalue weighted by Gasteiger charge is 2.62. The standard InChI is InChI=1S/C14H16N2O6S2/c15-12-9-8-11(7-6-10-4-2-1-3-5-10)14(13(12)16,23(17,18)19)24(20,21)22/h1-9,11H,15-16H2,(H,17,18,19)(H,20,21,22). The molecule has 0 bridgehead atoms. The smallest absolute Gasteiger partial charge is 0.294 e. The summed E-state index contributed by atoms with van der Waals surface area (Å²) in [4.78, 5) is 0. The van der Waals surface area contributed by atoms with Crippen LogP contribution in [0.4, 0.5) is 0 Å². The van der Waals surface area contributed by atoms with Gasteiger partial charge in [0.1, 0.15) is 0 Å². The molecule has 1 aliphatic carbocycles. The topological polar surface area (TPSA) is 161 Å². The Hall–Kier alpha value is -2.14. The summed E-state index contributed by atoms with van der Waals surface area (Å²) in [6.07, 6.45) is 4.98. The Bertz CT molecular complexity index is 899. The summed E-state index contributed by atoms with van der Waals surface area (Å²) in [6.45, 7) is 0. The third-order valence-corrected chi connectivity index (χ3v) is 7.45. The van der Waals surface area contributed by atoms with Gasteiger partial charge in [0.25, 0.3) is 24.3 Å².